The number of nitrogens with zero attached hydrogens (tertiary/aromatic N) is 3. The van der Waals surface area contributed by atoms with E-state index in [4.69, 9.17) is 4.74 Å². The summed E-state index contributed by atoms with van der Waals surface area (Å²) in [6.07, 6.45) is -0.455. The number of H-pyrrole nitrogens is 1. The third-order valence-corrected chi connectivity index (χ3v) is 4.85. The Morgan fingerprint density at radius 3 is 2.42 bits per heavy atom. The van der Waals surface area contributed by atoms with Crippen molar-refractivity contribution >= 4 is 35.5 Å². The van der Waals surface area contributed by atoms with E-state index in [9.17, 15) is 22.8 Å². The molecule has 0 saturated carbocycles. The molecular weight excluding hydrogens is 413 g/mol. The van der Waals surface area contributed by atoms with Gasteiger partial charge in [0.05, 0.1) is 18.4 Å². The summed E-state index contributed by atoms with van der Waals surface area (Å²) in [6.45, 7) is 3.73. The zero-order valence-corrected chi connectivity index (χ0v) is 17.6. The van der Waals surface area contributed by atoms with Gasteiger partial charge in [0.2, 0.25) is 5.95 Å². The molecule has 1 aromatic carbocycles. The Morgan fingerprint density at radius 2 is 1.87 bits per heavy atom. The number of aryl methyl sites for hydroxylation is 2. The van der Waals surface area contributed by atoms with Gasteiger partial charge < -0.3 is 14.6 Å². The minimum absolute atomic E-state index is 0.147. The summed E-state index contributed by atoms with van der Waals surface area (Å²) >= 11 is 0. The molecule has 1 aromatic heterocycles. The number of nitrogens with one attached hydrogen (secondary N) is 1. The third kappa shape index (κ3) is 4.18. The average Bonchev–Trinajstić information content (AvgIpc) is 3.07. The number of methoxy groups -OCH3 is 1. The summed E-state index contributed by atoms with van der Waals surface area (Å²) in [5, 5.41) is 0. The van der Waals surface area contributed by atoms with Crippen LogP contribution in [0.2, 0.25) is 0 Å². The SMILES string of the molecule is COc1c(C)cc(/C=C2/C(=O)N(C)C=Cc3[nH]c(N(C)C(=O)C(F)(F)F)nc32)cc1C. The zero-order valence-electron chi connectivity index (χ0n) is 17.6. The van der Waals surface area contributed by atoms with Gasteiger partial charge in [0.1, 0.15) is 11.4 Å². The maximum absolute atomic E-state index is 12.9. The molecule has 0 spiro atoms. The molecule has 1 N–H and O–H groups in total. The topological polar surface area (TPSA) is 78.5 Å². The van der Waals surface area contributed by atoms with Crippen LogP contribution >= 0.6 is 0 Å². The van der Waals surface area contributed by atoms with Crippen LogP contribution in [0.1, 0.15) is 28.1 Å². The molecule has 0 aliphatic carbocycles. The van der Waals surface area contributed by atoms with Gasteiger partial charge in [0, 0.05) is 20.3 Å². The van der Waals surface area contributed by atoms with E-state index in [1.165, 1.54) is 17.2 Å². The predicted octanol–water partition coefficient (Wildman–Crippen LogP) is 3.54. The van der Waals surface area contributed by atoms with Gasteiger partial charge in [-0.25, -0.2) is 4.98 Å². The van der Waals surface area contributed by atoms with Gasteiger partial charge in [0.25, 0.3) is 5.91 Å². The number of carbonyl (C=O) groups excluding carboxylic acids is 2. The molecule has 7 nitrogen and oxygen atoms in total. The van der Waals surface area contributed by atoms with Crippen molar-refractivity contribution in [2.75, 3.05) is 26.1 Å². The van der Waals surface area contributed by atoms with Crippen LogP contribution in [0.25, 0.3) is 17.7 Å². The van der Waals surface area contributed by atoms with Crippen molar-refractivity contribution in [3.63, 3.8) is 0 Å². The number of anilines is 1. The number of ether oxygens (including phenoxy) is 1. The lowest BCUT2D eigenvalue weighted by Gasteiger charge is -2.16. The number of hydrogen-bond acceptors (Lipinski definition) is 4. The number of fused-ring (bicyclic) bond motifs is 1. The second-order valence-corrected chi connectivity index (χ2v) is 7.16. The summed E-state index contributed by atoms with van der Waals surface area (Å²) in [4.78, 5) is 33.1. The summed E-state index contributed by atoms with van der Waals surface area (Å²) in [5.74, 6) is -2.06. The van der Waals surface area contributed by atoms with E-state index in [0.717, 1.165) is 23.9 Å². The van der Waals surface area contributed by atoms with E-state index in [-0.39, 0.29) is 17.2 Å². The lowest BCUT2D eigenvalue weighted by atomic mass is 10.0. The molecular formula is C21H21F3N4O3. The van der Waals surface area contributed by atoms with Crippen LogP contribution in [0, 0.1) is 13.8 Å². The highest BCUT2D eigenvalue weighted by Gasteiger charge is 2.42. The summed E-state index contributed by atoms with van der Waals surface area (Å²) in [6, 6.07) is 3.66. The molecule has 164 valence electrons. The first-order valence-electron chi connectivity index (χ1n) is 9.21. The van der Waals surface area contributed by atoms with Crippen LogP contribution in [0.5, 0.6) is 5.75 Å². The van der Waals surface area contributed by atoms with E-state index in [2.05, 4.69) is 9.97 Å². The lowest BCUT2D eigenvalue weighted by Crippen LogP contribution is -2.39. The van der Waals surface area contributed by atoms with Crippen molar-refractivity contribution in [1.29, 1.82) is 0 Å². The normalized spacial score (nSPS) is 15.2. The monoisotopic (exact) mass is 434 g/mol. The molecule has 2 aromatic rings. The molecule has 2 heterocycles. The van der Waals surface area contributed by atoms with Gasteiger partial charge in [-0.3, -0.25) is 14.5 Å². The van der Waals surface area contributed by atoms with Crippen molar-refractivity contribution in [2.24, 2.45) is 0 Å². The molecule has 3 rings (SSSR count). The average molecular weight is 434 g/mol. The van der Waals surface area contributed by atoms with E-state index < -0.39 is 18.0 Å². The van der Waals surface area contributed by atoms with Crippen molar-refractivity contribution < 1.29 is 27.5 Å². The van der Waals surface area contributed by atoms with Gasteiger partial charge >= 0.3 is 12.1 Å². The molecule has 31 heavy (non-hydrogen) atoms. The Hall–Kier alpha value is -3.56. The minimum atomic E-state index is -5.05. The van der Waals surface area contributed by atoms with Crippen molar-refractivity contribution in [2.45, 2.75) is 20.0 Å². The minimum Gasteiger partial charge on any atom is -0.496 e. The highest BCUT2D eigenvalue weighted by atomic mass is 19.4. The highest BCUT2D eigenvalue weighted by Crippen LogP contribution is 2.31. The second-order valence-electron chi connectivity index (χ2n) is 7.16. The predicted molar refractivity (Wildman–Crippen MR) is 110 cm³/mol. The number of benzene rings is 1. The fourth-order valence-electron chi connectivity index (χ4n) is 3.38. The fraction of sp³-hybridized carbons (Fsp3) is 0.286. The fourth-order valence-corrected chi connectivity index (χ4v) is 3.38. The Balaban J connectivity index is 2.13. The molecule has 10 heteroatoms. The molecule has 0 fully saturated rings. The molecule has 0 unspecified atom stereocenters. The van der Waals surface area contributed by atoms with E-state index in [1.807, 2.05) is 26.0 Å². The van der Waals surface area contributed by atoms with Crippen LogP contribution in [-0.2, 0) is 9.59 Å². The maximum atomic E-state index is 12.9. The number of rotatable bonds is 3. The zero-order chi connectivity index (χ0) is 23.1. The maximum Gasteiger partial charge on any atom is 0.471 e. The van der Waals surface area contributed by atoms with E-state index in [0.29, 0.717) is 16.2 Å². The van der Waals surface area contributed by atoms with Crippen LogP contribution in [0.15, 0.2) is 18.3 Å². The Bertz CT molecular complexity index is 1090. The second kappa shape index (κ2) is 7.93. The van der Waals surface area contributed by atoms with Crippen LogP contribution < -0.4 is 9.64 Å². The van der Waals surface area contributed by atoms with Crippen molar-refractivity contribution in [3.8, 4) is 5.75 Å². The van der Waals surface area contributed by atoms with Crippen LogP contribution in [0.3, 0.4) is 0 Å². The molecule has 0 atom stereocenters. The highest BCUT2D eigenvalue weighted by molar-refractivity contribution is 6.25. The molecule has 0 bridgehead atoms. The molecule has 0 radical (unpaired) electrons. The first kappa shape index (κ1) is 22.1. The smallest absolute Gasteiger partial charge is 0.471 e. The van der Waals surface area contributed by atoms with Gasteiger partial charge in [-0.05, 0) is 54.8 Å². The van der Waals surface area contributed by atoms with E-state index >= 15 is 0 Å². The lowest BCUT2D eigenvalue weighted by molar-refractivity contribution is -0.170. The number of halogens is 3. The van der Waals surface area contributed by atoms with Gasteiger partial charge in [0.15, 0.2) is 0 Å². The molecule has 1 aliphatic rings. The number of imidazole rings is 1. The quantitative estimate of drug-likeness (QED) is 0.750. The molecule has 0 saturated heterocycles. The Labute approximate surface area is 176 Å². The largest absolute Gasteiger partial charge is 0.496 e. The number of amides is 2. The molecule has 2 amide bonds. The van der Waals surface area contributed by atoms with E-state index in [1.54, 1.807) is 20.2 Å². The molecule has 1 aliphatic heterocycles. The van der Waals surface area contributed by atoms with Crippen LogP contribution in [0.4, 0.5) is 19.1 Å². The third-order valence-electron chi connectivity index (χ3n) is 4.85. The first-order chi connectivity index (χ1) is 14.4. The van der Waals surface area contributed by atoms with Crippen LogP contribution in [-0.4, -0.2) is 54.1 Å². The summed E-state index contributed by atoms with van der Waals surface area (Å²) in [7, 11) is 4.09. The summed E-state index contributed by atoms with van der Waals surface area (Å²) in [5.41, 5.74) is 3.04. The van der Waals surface area contributed by atoms with Gasteiger partial charge in [-0.2, -0.15) is 13.2 Å². The summed E-state index contributed by atoms with van der Waals surface area (Å²) < 4.78 is 43.8. The standard InChI is InChI=1S/C21H21F3N4O3/c1-11-8-13(9-12(2)17(11)31-5)10-14-16-15(6-7-27(3)18(14)29)25-20(26-16)28(4)19(30)21(22,23)24/h6-10H,1-5H3,(H,25,26)/b14-10+. The first-order valence-corrected chi connectivity index (χ1v) is 9.21. The van der Waals surface area contributed by atoms with Gasteiger partial charge in [-0.1, -0.05) is 0 Å². The Kier molecular flexibility index (Phi) is 5.66. The number of likely N-dealkylation sites (N-methyl/N-ethyl adjacent to an activating group) is 1. The number of aromatic nitrogens is 2. The number of aromatic amines is 1. The van der Waals surface area contributed by atoms with Crippen molar-refractivity contribution in [3.05, 3.63) is 46.4 Å². The van der Waals surface area contributed by atoms with Gasteiger partial charge in [-0.15, -0.1) is 0 Å². The number of alkyl halides is 3. The van der Waals surface area contributed by atoms with Crippen molar-refractivity contribution in [1.82, 2.24) is 14.9 Å². The number of hydrogen-bond donors (Lipinski definition) is 1. The number of carbonyl (C=O) groups is 2. The Morgan fingerprint density at radius 1 is 1.26 bits per heavy atom.